The highest BCUT2D eigenvalue weighted by atomic mass is 35.5. The molecule has 2 rings (SSSR count). The van der Waals surface area contributed by atoms with Crippen LogP contribution in [0.25, 0.3) is 0 Å². The topological polar surface area (TPSA) is 41.6 Å². The number of morpholine rings is 1. The van der Waals surface area contributed by atoms with Gasteiger partial charge in [-0.3, -0.25) is 9.69 Å². The maximum absolute atomic E-state index is 12.2. The minimum Gasteiger partial charge on any atom is -0.379 e. The molecule has 0 radical (unpaired) electrons. The molecule has 5 heteroatoms. The molecule has 1 amide bonds. The van der Waals surface area contributed by atoms with Crippen LogP contribution in [-0.4, -0.2) is 43.2 Å². The first kappa shape index (κ1) is 16.3. The molecule has 4 nitrogen and oxygen atoms in total. The molecule has 1 N–H and O–H groups in total. The standard InChI is InChI=1S/C16H23ClN2O2/c1-3-13-4-5-14(17)15(11-13)18-16(20)10-12(2)19-6-8-21-9-7-19/h4-5,11-12H,3,6-10H2,1-2H3,(H,18,20). The van der Waals surface area contributed by atoms with Crippen LogP contribution in [0.2, 0.25) is 5.02 Å². The SMILES string of the molecule is CCc1ccc(Cl)c(NC(=O)CC(C)N2CCOCC2)c1. The Morgan fingerprint density at radius 3 is 2.81 bits per heavy atom. The molecule has 1 aromatic carbocycles. The zero-order chi connectivity index (χ0) is 15.2. The summed E-state index contributed by atoms with van der Waals surface area (Å²) in [5.74, 6) is 0.00384. The van der Waals surface area contributed by atoms with E-state index in [0.717, 1.165) is 38.3 Å². The minimum atomic E-state index is 0.00384. The molecule has 1 saturated heterocycles. The highest BCUT2D eigenvalue weighted by Gasteiger charge is 2.19. The molecule has 116 valence electrons. The van der Waals surface area contributed by atoms with E-state index < -0.39 is 0 Å². The third-order valence-corrected chi connectivity index (χ3v) is 4.19. The second-order valence-corrected chi connectivity index (χ2v) is 5.82. The average molecular weight is 311 g/mol. The third-order valence-electron chi connectivity index (χ3n) is 3.86. The Kier molecular flexibility index (Phi) is 6.03. The van der Waals surface area contributed by atoms with E-state index in [0.29, 0.717) is 17.1 Å². The largest absolute Gasteiger partial charge is 0.379 e. The Morgan fingerprint density at radius 1 is 1.43 bits per heavy atom. The smallest absolute Gasteiger partial charge is 0.225 e. The fourth-order valence-corrected chi connectivity index (χ4v) is 2.67. The average Bonchev–Trinajstić information content (AvgIpc) is 2.50. The van der Waals surface area contributed by atoms with Gasteiger partial charge in [0.15, 0.2) is 0 Å². The molecular weight excluding hydrogens is 288 g/mol. The number of nitrogens with zero attached hydrogens (tertiary/aromatic N) is 1. The fourth-order valence-electron chi connectivity index (χ4n) is 2.51. The van der Waals surface area contributed by atoms with Gasteiger partial charge in [0.05, 0.1) is 23.9 Å². The molecule has 0 spiro atoms. The summed E-state index contributed by atoms with van der Waals surface area (Å²) in [5.41, 5.74) is 1.87. The second-order valence-electron chi connectivity index (χ2n) is 5.42. The summed E-state index contributed by atoms with van der Waals surface area (Å²) in [6.07, 6.45) is 1.39. The number of amides is 1. The summed E-state index contributed by atoms with van der Waals surface area (Å²) in [6.45, 7) is 7.43. The number of benzene rings is 1. The maximum atomic E-state index is 12.2. The third kappa shape index (κ3) is 4.70. The number of hydrogen-bond acceptors (Lipinski definition) is 3. The summed E-state index contributed by atoms with van der Waals surface area (Å²) in [7, 11) is 0. The Bertz CT molecular complexity index is 487. The van der Waals surface area contributed by atoms with E-state index in [4.69, 9.17) is 16.3 Å². The van der Waals surface area contributed by atoms with E-state index in [2.05, 4.69) is 24.1 Å². The van der Waals surface area contributed by atoms with Gasteiger partial charge < -0.3 is 10.1 Å². The Balaban J connectivity index is 1.91. The molecule has 1 heterocycles. The lowest BCUT2D eigenvalue weighted by Crippen LogP contribution is -2.43. The van der Waals surface area contributed by atoms with Crippen LogP contribution < -0.4 is 5.32 Å². The minimum absolute atomic E-state index is 0.00384. The first-order valence-electron chi connectivity index (χ1n) is 7.50. The Labute approximate surface area is 131 Å². The van der Waals surface area contributed by atoms with Crippen LogP contribution in [-0.2, 0) is 16.0 Å². The summed E-state index contributed by atoms with van der Waals surface area (Å²) >= 11 is 6.14. The van der Waals surface area contributed by atoms with Crippen molar-refractivity contribution in [2.24, 2.45) is 0 Å². The molecule has 1 aliphatic rings. The molecule has 1 atom stereocenters. The van der Waals surface area contributed by atoms with Gasteiger partial charge in [0, 0.05) is 25.6 Å². The molecule has 1 unspecified atom stereocenters. The first-order chi connectivity index (χ1) is 10.1. The lowest BCUT2D eigenvalue weighted by atomic mass is 10.1. The van der Waals surface area contributed by atoms with Crippen molar-refractivity contribution in [1.82, 2.24) is 4.90 Å². The van der Waals surface area contributed by atoms with Gasteiger partial charge in [0.2, 0.25) is 5.91 Å². The number of anilines is 1. The van der Waals surface area contributed by atoms with Crippen molar-refractivity contribution in [2.45, 2.75) is 32.7 Å². The molecule has 0 saturated carbocycles. The van der Waals surface area contributed by atoms with Crippen LogP contribution in [0.15, 0.2) is 18.2 Å². The lowest BCUT2D eigenvalue weighted by Gasteiger charge is -2.31. The number of carbonyl (C=O) groups excluding carboxylic acids is 1. The van der Waals surface area contributed by atoms with Gasteiger partial charge in [0.25, 0.3) is 0 Å². The lowest BCUT2D eigenvalue weighted by molar-refractivity contribution is -0.117. The van der Waals surface area contributed by atoms with Gasteiger partial charge >= 0.3 is 0 Å². The van der Waals surface area contributed by atoms with Crippen molar-refractivity contribution < 1.29 is 9.53 Å². The highest BCUT2D eigenvalue weighted by Crippen LogP contribution is 2.23. The van der Waals surface area contributed by atoms with Crippen molar-refractivity contribution in [3.8, 4) is 0 Å². The molecule has 1 aliphatic heterocycles. The summed E-state index contributed by atoms with van der Waals surface area (Å²) in [6, 6.07) is 5.97. The summed E-state index contributed by atoms with van der Waals surface area (Å²) in [5, 5.41) is 3.51. The Hall–Kier alpha value is -1.10. The zero-order valence-electron chi connectivity index (χ0n) is 12.7. The van der Waals surface area contributed by atoms with E-state index in [-0.39, 0.29) is 11.9 Å². The second kappa shape index (κ2) is 7.78. The van der Waals surface area contributed by atoms with Crippen LogP contribution in [0.4, 0.5) is 5.69 Å². The van der Waals surface area contributed by atoms with Crippen LogP contribution in [0.3, 0.4) is 0 Å². The number of hydrogen-bond donors (Lipinski definition) is 1. The van der Waals surface area contributed by atoms with Gasteiger partial charge in [-0.2, -0.15) is 0 Å². The number of carbonyl (C=O) groups is 1. The first-order valence-corrected chi connectivity index (χ1v) is 7.88. The van der Waals surface area contributed by atoms with E-state index in [1.165, 1.54) is 0 Å². The molecule has 0 bridgehead atoms. The van der Waals surface area contributed by atoms with Crippen LogP contribution in [0.5, 0.6) is 0 Å². The van der Waals surface area contributed by atoms with Gasteiger partial charge in [0.1, 0.15) is 0 Å². The molecule has 1 aromatic rings. The normalized spacial score (nSPS) is 17.5. The van der Waals surface area contributed by atoms with Crippen molar-refractivity contribution >= 4 is 23.2 Å². The molecular formula is C16H23ClN2O2. The number of nitrogens with one attached hydrogen (secondary N) is 1. The van der Waals surface area contributed by atoms with Crippen LogP contribution in [0.1, 0.15) is 25.8 Å². The van der Waals surface area contributed by atoms with Gasteiger partial charge in [-0.1, -0.05) is 24.6 Å². The molecule has 1 fully saturated rings. The van der Waals surface area contributed by atoms with E-state index in [1.54, 1.807) is 0 Å². The van der Waals surface area contributed by atoms with Crippen molar-refractivity contribution in [2.75, 3.05) is 31.6 Å². The van der Waals surface area contributed by atoms with Crippen LogP contribution >= 0.6 is 11.6 Å². The van der Waals surface area contributed by atoms with Gasteiger partial charge in [-0.05, 0) is 31.0 Å². The predicted molar refractivity (Wildman–Crippen MR) is 85.9 cm³/mol. The predicted octanol–water partition coefficient (Wildman–Crippen LogP) is 2.95. The number of rotatable bonds is 5. The molecule has 0 aliphatic carbocycles. The van der Waals surface area contributed by atoms with Crippen molar-refractivity contribution in [3.05, 3.63) is 28.8 Å². The van der Waals surface area contributed by atoms with Gasteiger partial charge in [-0.25, -0.2) is 0 Å². The molecule has 21 heavy (non-hydrogen) atoms. The number of ether oxygens (including phenoxy) is 1. The van der Waals surface area contributed by atoms with E-state index in [1.807, 2.05) is 18.2 Å². The van der Waals surface area contributed by atoms with Crippen LogP contribution in [0, 0.1) is 0 Å². The van der Waals surface area contributed by atoms with Crippen molar-refractivity contribution in [3.63, 3.8) is 0 Å². The Morgan fingerprint density at radius 2 is 2.14 bits per heavy atom. The highest BCUT2D eigenvalue weighted by molar-refractivity contribution is 6.33. The monoisotopic (exact) mass is 310 g/mol. The number of aryl methyl sites for hydroxylation is 1. The fraction of sp³-hybridized carbons (Fsp3) is 0.562. The van der Waals surface area contributed by atoms with Crippen molar-refractivity contribution in [1.29, 1.82) is 0 Å². The maximum Gasteiger partial charge on any atom is 0.225 e. The van der Waals surface area contributed by atoms with E-state index >= 15 is 0 Å². The molecule has 0 aromatic heterocycles. The summed E-state index contributed by atoms with van der Waals surface area (Å²) in [4.78, 5) is 14.5. The summed E-state index contributed by atoms with van der Waals surface area (Å²) < 4.78 is 5.33. The van der Waals surface area contributed by atoms with Gasteiger partial charge in [-0.15, -0.1) is 0 Å². The quantitative estimate of drug-likeness (QED) is 0.909. The number of halogens is 1. The zero-order valence-corrected chi connectivity index (χ0v) is 13.4. The van der Waals surface area contributed by atoms with E-state index in [9.17, 15) is 4.79 Å².